The Hall–Kier alpha value is -0.470. The van der Waals surface area contributed by atoms with Crippen LogP contribution in [0.5, 0.6) is 0 Å². The van der Waals surface area contributed by atoms with Crippen LogP contribution >= 0.6 is 11.3 Å². The van der Waals surface area contributed by atoms with Gasteiger partial charge >= 0.3 is 0 Å². The van der Waals surface area contributed by atoms with E-state index in [1.165, 1.54) is 11.3 Å². The van der Waals surface area contributed by atoms with E-state index in [0.29, 0.717) is 10.8 Å². The summed E-state index contributed by atoms with van der Waals surface area (Å²) in [5, 5.41) is 3.23. The third-order valence-electron chi connectivity index (χ3n) is 3.23. The van der Waals surface area contributed by atoms with Gasteiger partial charge in [0.05, 0.1) is 6.10 Å². The number of nitrogens with one attached hydrogen (secondary N) is 2. The van der Waals surface area contributed by atoms with Crippen molar-refractivity contribution in [3.63, 3.8) is 0 Å². The highest BCUT2D eigenvalue weighted by atomic mass is 32.2. The maximum atomic E-state index is 12.2. The van der Waals surface area contributed by atoms with Gasteiger partial charge in [0.25, 0.3) is 0 Å². The molecule has 1 aliphatic rings. The van der Waals surface area contributed by atoms with E-state index in [0.717, 1.165) is 43.8 Å². The van der Waals surface area contributed by atoms with Crippen molar-refractivity contribution in [1.29, 1.82) is 0 Å². The standard InChI is InChI=1S/C13H22N2O3S2/c1-2-14-8-7-12-5-6-13(19-12)20(16,17)15-10-11-4-3-9-18-11/h5-6,11,14-15H,2-4,7-10H2,1H3. The summed E-state index contributed by atoms with van der Waals surface area (Å²) < 4.78 is 32.8. The summed E-state index contributed by atoms with van der Waals surface area (Å²) in [6, 6.07) is 3.58. The molecule has 114 valence electrons. The Balaban J connectivity index is 1.88. The van der Waals surface area contributed by atoms with Crippen LogP contribution in [0, 0.1) is 0 Å². The highest BCUT2D eigenvalue weighted by molar-refractivity contribution is 7.91. The summed E-state index contributed by atoms with van der Waals surface area (Å²) >= 11 is 1.34. The van der Waals surface area contributed by atoms with Crippen molar-refractivity contribution in [3.8, 4) is 0 Å². The van der Waals surface area contributed by atoms with Crippen LogP contribution < -0.4 is 10.0 Å². The van der Waals surface area contributed by atoms with Crippen LogP contribution in [-0.4, -0.2) is 40.8 Å². The molecule has 0 bridgehead atoms. The van der Waals surface area contributed by atoms with Crippen molar-refractivity contribution >= 4 is 21.4 Å². The van der Waals surface area contributed by atoms with Crippen molar-refractivity contribution in [2.24, 2.45) is 0 Å². The molecule has 5 nitrogen and oxygen atoms in total. The van der Waals surface area contributed by atoms with E-state index in [4.69, 9.17) is 4.74 Å². The molecule has 20 heavy (non-hydrogen) atoms. The number of hydrogen-bond donors (Lipinski definition) is 2. The minimum atomic E-state index is -3.39. The smallest absolute Gasteiger partial charge is 0.250 e. The largest absolute Gasteiger partial charge is 0.377 e. The second-order valence-corrected chi connectivity index (χ2v) is 7.97. The van der Waals surface area contributed by atoms with Crippen molar-refractivity contribution < 1.29 is 13.2 Å². The zero-order valence-corrected chi connectivity index (χ0v) is 13.4. The van der Waals surface area contributed by atoms with E-state index < -0.39 is 10.0 Å². The second kappa shape index (κ2) is 7.51. The van der Waals surface area contributed by atoms with Gasteiger partial charge in [-0.3, -0.25) is 0 Å². The molecule has 1 saturated heterocycles. The van der Waals surface area contributed by atoms with Crippen LogP contribution in [0.25, 0.3) is 0 Å². The van der Waals surface area contributed by atoms with Gasteiger partial charge in [0, 0.05) is 18.0 Å². The van der Waals surface area contributed by atoms with Gasteiger partial charge in [0.2, 0.25) is 10.0 Å². The molecule has 1 aromatic rings. The van der Waals surface area contributed by atoms with Gasteiger partial charge < -0.3 is 10.1 Å². The van der Waals surface area contributed by atoms with Crippen LogP contribution in [0.3, 0.4) is 0 Å². The fraction of sp³-hybridized carbons (Fsp3) is 0.692. The van der Waals surface area contributed by atoms with E-state index in [9.17, 15) is 8.42 Å². The Labute approximate surface area is 124 Å². The number of likely N-dealkylation sites (N-methyl/N-ethyl adjacent to an activating group) is 1. The first kappa shape index (κ1) is 15.9. The monoisotopic (exact) mass is 318 g/mol. The van der Waals surface area contributed by atoms with E-state index in [1.54, 1.807) is 6.07 Å². The molecule has 0 aliphatic carbocycles. The minimum absolute atomic E-state index is 0.0259. The molecule has 7 heteroatoms. The summed E-state index contributed by atoms with van der Waals surface area (Å²) in [4.78, 5) is 1.09. The topological polar surface area (TPSA) is 67.4 Å². The van der Waals surface area contributed by atoms with Gasteiger partial charge in [-0.1, -0.05) is 6.92 Å². The molecule has 1 atom stereocenters. The predicted octanol–water partition coefficient (Wildman–Crippen LogP) is 1.36. The quantitative estimate of drug-likeness (QED) is 0.710. The number of thiophene rings is 1. The third kappa shape index (κ3) is 4.53. The Morgan fingerprint density at radius 1 is 1.45 bits per heavy atom. The van der Waals surface area contributed by atoms with E-state index in [1.807, 2.05) is 6.07 Å². The normalized spacial score (nSPS) is 19.6. The fourth-order valence-corrected chi connectivity index (χ4v) is 4.57. The first-order valence-corrected chi connectivity index (χ1v) is 9.32. The lowest BCUT2D eigenvalue weighted by atomic mass is 10.2. The lowest BCUT2D eigenvalue weighted by Crippen LogP contribution is -2.31. The number of sulfonamides is 1. The number of hydrogen-bond acceptors (Lipinski definition) is 5. The summed E-state index contributed by atoms with van der Waals surface area (Å²) in [6.07, 6.45) is 2.83. The first-order chi connectivity index (χ1) is 9.62. The van der Waals surface area contributed by atoms with Gasteiger partial charge in [-0.05, 0) is 44.5 Å². The molecule has 0 aromatic carbocycles. The Kier molecular flexibility index (Phi) is 5.98. The molecular formula is C13H22N2O3S2. The third-order valence-corrected chi connectivity index (χ3v) is 6.29. The van der Waals surface area contributed by atoms with E-state index in [-0.39, 0.29) is 6.10 Å². The number of rotatable bonds is 8. The molecule has 0 saturated carbocycles. The zero-order chi connectivity index (χ0) is 14.4. The molecular weight excluding hydrogens is 296 g/mol. The lowest BCUT2D eigenvalue weighted by molar-refractivity contribution is 0.114. The van der Waals surface area contributed by atoms with Crippen molar-refractivity contribution in [2.75, 3.05) is 26.2 Å². The van der Waals surface area contributed by atoms with Crippen LogP contribution in [0.1, 0.15) is 24.6 Å². The molecule has 0 spiro atoms. The average molecular weight is 318 g/mol. The lowest BCUT2D eigenvalue weighted by Gasteiger charge is -2.10. The summed E-state index contributed by atoms with van der Waals surface area (Å²) in [5.41, 5.74) is 0. The van der Waals surface area contributed by atoms with Crippen LogP contribution in [0.2, 0.25) is 0 Å². The zero-order valence-electron chi connectivity index (χ0n) is 11.7. The van der Waals surface area contributed by atoms with E-state index in [2.05, 4.69) is 17.0 Å². The molecule has 2 N–H and O–H groups in total. The molecule has 1 unspecified atom stereocenters. The molecule has 2 heterocycles. The molecule has 0 radical (unpaired) electrons. The maximum Gasteiger partial charge on any atom is 0.250 e. The van der Waals surface area contributed by atoms with Gasteiger partial charge in [-0.25, -0.2) is 13.1 Å². The number of ether oxygens (including phenoxy) is 1. The van der Waals surface area contributed by atoms with Gasteiger partial charge in [-0.15, -0.1) is 11.3 Å². The molecule has 1 aliphatic heterocycles. The average Bonchev–Trinajstić information content (AvgIpc) is 3.08. The molecule has 1 aromatic heterocycles. The van der Waals surface area contributed by atoms with Crippen molar-refractivity contribution in [1.82, 2.24) is 10.0 Å². The fourth-order valence-electron chi connectivity index (χ4n) is 2.10. The van der Waals surface area contributed by atoms with Gasteiger partial charge in [-0.2, -0.15) is 0 Å². The SMILES string of the molecule is CCNCCc1ccc(S(=O)(=O)NCC2CCCO2)s1. The van der Waals surface area contributed by atoms with E-state index >= 15 is 0 Å². The summed E-state index contributed by atoms with van der Waals surface area (Å²) in [5.74, 6) is 0. The second-order valence-electron chi connectivity index (χ2n) is 4.81. The van der Waals surface area contributed by atoms with Crippen molar-refractivity contribution in [2.45, 2.75) is 36.5 Å². The highest BCUT2D eigenvalue weighted by Gasteiger charge is 2.21. The van der Waals surface area contributed by atoms with Crippen molar-refractivity contribution in [3.05, 3.63) is 17.0 Å². The first-order valence-electron chi connectivity index (χ1n) is 7.02. The molecule has 1 fully saturated rings. The highest BCUT2D eigenvalue weighted by Crippen LogP contribution is 2.22. The van der Waals surface area contributed by atoms with Gasteiger partial charge in [0.15, 0.2) is 0 Å². The maximum absolute atomic E-state index is 12.2. The van der Waals surface area contributed by atoms with Gasteiger partial charge in [0.1, 0.15) is 4.21 Å². The molecule has 2 rings (SSSR count). The summed E-state index contributed by atoms with van der Waals surface area (Å²) in [7, 11) is -3.39. The van der Waals surface area contributed by atoms with Crippen LogP contribution in [-0.2, 0) is 21.2 Å². The Morgan fingerprint density at radius 2 is 2.30 bits per heavy atom. The minimum Gasteiger partial charge on any atom is -0.377 e. The molecule has 0 amide bonds. The predicted molar refractivity (Wildman–Crippen MR) is 80.7 cm³/mol. The van der Waals surface area contributed by atoms with Crippen LogP contribution in [0.15, 0.2) is 16.3 Å². The Morgan fingerprint density at radius 3 is 3.00 bits per heavy atom. The summed E-state index contributed by atoms with van der Waals surface area (Å²) in [6.45, 7) is 4.96. The van der Waals surface area contributed by atoms with Crippen LogP contribution in [0.4, 0.5) is 0 Å². The Bertz CT molecular complexity index is 507.